The molecule has 0 bridgehead atoms. The highest BCUT2D eigenvalue weighted by molar-refractivity contribution is 5.88. The third-order valence-electron chi connectivity index (χ3n) is 2.39. The third kappa shape index (κ3) is 4.57. The molecule has 0 aliphatic rings. The Hall–Kier alpha value is -1.84. The van der Waals surface area contributed by atoms with Crippen molar-refractivity contribution < 1.29 is 14.6 Å². The molecule has 0 saturated heterocycles. The van der Waals surface area contributed by atoms with Crippen molar-refractivity contribution in [3.8, 4) is 5.88 Å². The molecule has 1 heterocycles. The molecule has 0 radical (unpaired) electrons. The molecule has 1 aromatic heterocycles. The fourth-order valence-electron chi connectivity index (χ4n) is 1.47. The van der Waals surface area contributed by atoms with Gasteiger partial charge in [-0.1, -0.05) is 18.9 Å². The van der Waals surface area contributed by atoms with Gasteiger partial charge in [0.05, 0.1) is 12.2 Å². The van der Waals surface area contributed by atoms with E-state index in [2.05, 4.69) is 11.6 Å². The van der Waals surface area contributed by atoms with Gasteiger partial charge in [0.25, 0.3) is 0 Å². The van der Waals surface area contributed by atoms with Crippen LogP contribution in [0.15, 0.2) is 24.3 Å². The molecule has 0 fully saturated rings. The van der Waals surface area contributed by atoms with Gasteiger partial charge in [-0.05, 0) is 19.4 Å². The Morgan fingerprint density at radius 1 is 1.50 bits per heavy atom. The van der Waals surface area contributed by atoms with Gasteiger partial charge in [-0.25, -0.2) is 9.78 Å². The minimum atomic E-state index is -0.959. The predicted molar refractivity (Wildman–Crippen MR) is 70.1 cm³/mol. The molecule has 0 spiro atoms. The summed E-state index contributed by atoms with van der Waals surface area (Å²) in [5, 5.41) is 9.02. The SMILES string of the molecule is C=C(C)CCOc1cc(C(=O)O)cc(CCC)n1. The van der Waals surface area contributed by atoms with Crippen LogP contribution in [0.5, 0.6) is 5.88 Å². The number of aromatic carboxylic acids is 1. The van der Waals surface area contributed by atoms with Gasteiger partial charge < -0.3 is 9.84 Å². The molecular formula is C14H19NO3. The molecule has 0 unspecified atom stereocenters. The van der Waals surface area contributed by atoms with Gasteiger partial charge in [0.15, 0.2) is 0 Å². The zero-order valence-corrected chi connectivity index (χ0v) is 10.9. The van der Waals surface area contributed by atoms with Crippen LogP contribution in [0.3, 0.4) is 0 Å². The maximum absolute atomic E-state index is 11.0. The van der Waals surface area contributed by atoms with Crippen LogP contribution in [-0.2, 0) is 6.42 Å². The number of pyridine rings is 1. The summed E-state index contributed by atoms with van der Waals surface area (Å²) >= 11 is 0. The molecule has 4 nitrogen and oxygen atoms in total. The highest BCUT2D eigenvalue weighted by Gasteiger charge is 2.09. The Morgan fingerprint density at radius 2 is 2.22 bits per heavy atom. The summed E-state index contributed by atoms with van der Waals surface area (Å²) in [6, 6.07) is 3.05. The van der Waals surface area contributed by atoms with Crippen molar-refractivity contribution in [2.45, 2.75) is 33.1 Å². The molecule has 4 heteroatoms. The van der Waals surface area contributed by atoms with Crippen LogP contribution in [-0.4, -0.2) is 22.7 Å². The molecule has 0 amide bonds. The van der Waals surface area contributed by atoms with E-state index in [0.29, 0.717) is 12.5 Å². The topological polar surface area (TPSA) is 59.4 Å². The quantitative estimate of drug-likeness (QED) is 0.754. The number of carboxylic acid groups (broad SMARTS) is 1. The van der Waals surface area contributed by atoms with E-state index in [1.165, 1.54) is 6.07 Å². The number of carboxylic acids is 1. The van der Waals surface area contributed by atoms with E-state index in [4.69, 9.17) is 9.84 Å². The lowest BCUT2D eigenvalue weighted by molar-refractivity contribution is 0.0696. The Morgan fingerprint density at radius 3 is 2.78 bits per heavy atom. The average molecular weight is 249 g/mol. The van der Waals surface area contributed by atoms with Gasteiger partial charge in [0, 0.05) is 18.2 Å². The van der Waals surface area contributed by atoms with Gasteiger partial charge in [-0.3, -0.25) is 0 Å². The highest BCUT2D eigenvalue weighted by Crippen LogP contribution is 2.15. The number of hydrogen-bond donors (Lipinski definition) is 1. The fraction of sp³-hybridized carbons (Fsp3) is 0.429. The summed E-state index contributed by atoms with van der Waals surface area (Å²) in [5.74, 6) is -0.584. The first-order chi connectivity index (χ1) is 8.52. The summed E-state index contributed by atoms with van der Waals surface area (Å²) in [5.41, 5.74) is 2.00. The first-order valence-electron chi connectivity index (χ1n) is 6.04. The first-order valence-corrected chi connectivity index (χ1v) is 6.04. The second kappa shape index (κ2) is 6.79. The number of rotatable bonds is 7. The average Bonchev–Trinajstić information content (AvgIpc) is 2.28. The summed E-state index contributed by atoms with van der Waals surface area (Å²) in [4.78, 5) is 15.3. The molecule has 1 rings (SSSR count). The van der Waals surface area contributed by atoms with Gasteiger partial charge in [-0.2, -0.15) is 0 Å². The summed E-state index contributed by atoms with van der Waals surface area (Å²) in [7, 11) is 0. The zero-order chi connectivity index (χ0) is 13.5. The van der Waals surface area contributed by atoms with Crippen LogP contribution in [0.2, 0.25) is 0 Å². The van der Waals surface area contributed by atoms with Gasteiger partial charge in [0.2, 0.25) is 5.88 Å². The number of ether oxygens (including phenoxy) is 1. The van der Waals surface area contributed by atoms with E-state index in [0.717, 1.165) is 30.5 Å². The van der Waals surface area contributed by atoms with Crippen LogP contribution >= 0.6 is 0 Å². The van der Waals surface area contributed by atoms with E-state index >= 15 is 0 Å². The fourth-order valence-corrected chi connectivity index (χ4v) is 1.47. The van der Waals surface area contributed by atoms with E-state index in [9.17, 15) is 4.79 Å². The molecule has 0 saturated carbocycles. The monoisotopic (exact) mass is 249 g/mol. The molecule has 1 N–H and O–H groups in total. The first kappa shape index (κ1) is 14.2. The molecule has 0 aromatic carbocycles. The number of hydrogen-bond acceptors (Lipinski definition) is 3. The highest BCUT2D eigenvalue weighted by atomic mass is 16.5. The zero-order valence-electron chi connectivity index (χ0n) is 10.9. The van der Waals surface area contributed by atoms with E-state index in [1.807, 2.05) is 13.8 Å². The lowest BCUT2D eigenvalue weighted by atomic mass is 10.1. The molecular weight excluding hydrogens is 230 g/mol. The minimum Gasteiger partial charge on any atom is -0.478 e. The third-order valence-corrected chi connectivity index (χ3v) is 2.39. The number of aromatic nitrogens is 1. The Kier molecular flexibility index (Phi) is 5.36. The van der Waals surface area contributed by atoms with Crippen LogP contribution in [0.1, 0.15) is 42.7 Å². The molecule has 18 heavy (non-hydrogen) atoms. The van der Waals surface area contributed by atoms with Gasteiger partial charge in [0.1, 0.15) is 0 Å². The van der Waals surface area contributed by atoms with Crippen LogP contribution in [0, 0.1) is 0 Å². The second-order valence-electron chi connectivity index (χ2n) is 4.30. The van der Waals surface area contributed by atoms with E-state index in [1.54, 1.807) is 6.07 Å². The van der Waals surface area contributed by atoms with E-state index in [-0.39, 0.29) is 5.56 Å². The van der Waals surface area contributed by atoms with Crippen molar-refractivity contribution in [1.29, 1.82) is 0 Å². The van der Waals surface area contributed by atoms with Crippen LogP contribution < -0.4 is 4.74 Å². The number of nitrogens with zero attached hydrogens (tertiary/aromatic N) is 1. The summed E-state index contributed by atoms with van der Waals surface area (Å²) < 4.78 is 5.46. The molecule has 0 aliphatic heterocycles. The molecule has 0 atom stereocenters. The predicted octanol–water partition coefficient (Wildman–Crippen LogP) is 3.08. The number of carbonyl (C=O) groups is 1. The Labute approximate surface area is 107 Å². The lowest BCUT2D eigenvalue weighted by Crippen LogP contribution is -2.05. The molecule has 98 valence electrons. The van der Waals surface area contributed by atoms with Crippen molar-refractivity contribution in [2.24, 2.45) is 0 Å². The van der Waals surface area contributed by atoms with Gasteiger partial charge >= 0.3 is 5.97 Å². The van der Waals surface area contributed by atoms with Crippen molar-refractivity contribution >= 4 is 5.97 Å². The standard InChI is InChI=1S/C14H19NO3/c1-4-5-12-8-11(14(16)17)9-13(15-12)18-7-6-10(2)3/h8-9H,2,4-7H2,1,3H3,(H,16,17). The van der Waals surface area contributed by atoms with Gasteiger partial charge in [-0.15, -0.1) is 6.58 Å². The van der Waals surface area contributed by atoms with E-state index < -0.39 is 5.97 Å². The number of aryl methyl sites for hydroxylation is 1. The van der Waals surface area contributed by atoms with Crippen molar-refractivity contribution in [3.05, 3.63) is 35.5 Å². The van der Waals surface area contributed by atoms with Crippen molar-refractivity contribution in [3.63, 3.8) is 0 Å². The Balaban J connectivity index is 2.82. The van der Waals surface area contributed by atoms with Crippen molar-refractivity contribution in [1.82, 2.24) is 4.98 Å². The maximum atomic E-state index is 11.0. The molecule has 1 aromatic rings. The minimum absolute atomic E-state index is 0.221. The summed E-state index contributed by atoms with van der Waals surface area (Å²) in [6.07, 6.45) is 2.40. The van der Waals surface area contributed by atoms with Crippen molar-refractivity contribution in [2.75, 3.05) is 6.61 Å². The molecule has 0 aliphatic carbocycles. The summed E-state index contributed by atoms with van der Waals surface area (Å²) in [6.45, 7) is 8.20. The second-order valence-corrected chi connectivity index (χ2v) is 4.30. The Bertz CT molecular complexity index is 441. The largest absolute Gasteiger partial charge is 0.478 e. The lowest BCUT2D eigenvalue weighted by Gasteiger charge is -2.08. The maximum Gasteiger partial charge on any atom is 0.335 e. The smallest absolute Gasteiger partial charge is 0.335 e. The van der Waals surface area contributed by atoms with Crippen LogP contribution in [0.4, 0.5) is 0 Å². The van der Waals surface area contributed by atoms with Crippen LogP contribution in [0.25, 0.3) is 0 Å². The normalized spacial score (nSPS) is 10.1.